The topological polar surface area (TPSA) is 90.9 Å². The Kier molecular flexibility index (Phi) is 15.0. The van der Waals surface area contributed by atoms with Crippen LogP contribution in [-0.4, -0.2) is 43.9 Å². The Hall–Kier alpha value is -2.71. The molecule has 0 aromatic heterocycles. The van der Waals surface area contributed by atoms with E-state index in [-0.39, 0.29) is 44.6 Å². The minimum Gasteiger partial charge on any atom is -0.465 e. The van der Waals surface area contributed by atoms with E-state index >= 15 is 0 Å². The summed E-state index contributed by atoms with van der Waals surface area (Å²) in [5.74, 6) is -2.91. The van der Waals surface area contributed by atoms with E-state index in [1.165, 1.54) is 32.1 Å². The van der Waals surface area contributed by atoms with Crippen LogP contribution in [0.2, 0.25) is 0 Å². The second-order valence-electron chi connectivity index (χ2n) is 10.6. The predicted octanol–water partition coefficient (Wildman–Crippen LogP) is 6.97. The van der Waals surface area contributed by atoms with Gasteiger partial charge in [-0.15, -0.1) is 0 Å². The van der Waals surface area contributed by atoms with Gasteiger partial charge in [-0.2, -0.15) is 0 Å². The van der Waals surface area contributed by atoms with Crippen molar-refractivity contribution in [3.05, 3.63) is 34.9 Å². The number of carbonyl (C=O) groups excluding carboxylic acids is 3. The molecular formula is C31H47F2NO6. The van der Waals surface area contributed by atoms with Crippen LogP contribution in [0.4, 0.5) is 13.6 Å². The second-order valence-corrected chi connectivity index (χ2v) is 10.6. The predicted molar refractivity (Wildman–Crippen MR) is 149 cm³/mol. The number of halogens is 2. The third kappa shape index (κ3) is 10.0. The van der Waals surface area contributed by atoms with E-state index in [9.17, 15) is 23.2 Å². The molecule has 40 heavy (non-hydrogen) atoms. The van der Waals surface area contributed by atoms with Crippen molar-refractivity contribution in [1.82, 2.24) is 5.32 Å². The fraction of sp³-hybridized carbons (Fsp3) is 0.710. The summed E-state index contributed by atoms with van der Waals surface area (Å²) in [5, 5.41) is 2.68. The van der Waals surface area contributed by atoms with Gasteiger partial charge in [-0.1, -0.05) is 64.0 Å². The lowest BCUT2D eigenvalue weighted by Crippen LogP contribution is -2.42. The third-order valence-corrected chi connectivity index (χ3v) is 7.53. The van der Waals surface area contributed by atoms with E-state index in [4.69, 9.17) is 14.2 Å². The minimum absolute atomic E-state index is 0.0144. The lowest BCUT2D eigenvalue weighted by Gasteiger charge is -2.24. The number of ether oxygens (including phenoxy) is 3. The fourth-order valence-electron chi connectivity index (χ4n) is 5.26. The van der Waals surface area contributed by atoms with Crippen LogP contribution < -0.4 is 5.32 Å². The molecule has 226 valence electrons. The Morgan fingerprint density at radius 3 is 1.88 bits per heavy atom. The summed E-state index contributed by atoms with van der Waals surface area (Å²) in [5.41, 5.74) is -0.779. The molecule has 0 heterocycles. The first-order chi connectivity index (χ1) is 19.3. The summed E-state index contributed by atoms with van der Waals surface area (Å²) in [6.45, 7) is 5.79. The molecule has 1 aromatic carbocycles. The Labute approximate surface area is 237 Å². The molecule has 9 heteroatoms. The molecular weight excluding hydrogens is 520 g/mol. The zero-order valence-corrected chi connectivity index (χ0v) is 24.5. The molecule has 1 aromatic rings. The van der Waals surface area contributed by atoms with Gasteiger partial charge < -0.3 is 19.5 Å². The highest BCUT2D eigenvalue weighted by Gasteiger charge is 2.54. The lowest BCUT2D eigenvalue weighted by molar-refractivity contribution is -0.171. The van der Waals surface area contributed by atoms with Crippen molar-refractivity contribution >= 4 is 18.0 Å². The number of esters is 2. The summed E-state index contributed by atoms with van der Waals surface area (Å²) in [4.78, 5) is 37.3. The highest BCUT2D eigenvalue weighted by atomic mass is 19.2. The van der Waals surface area contributed by atoms with Crippen LogP contribution in [0.1, 0.15) is 109 Å². The summed E-state index contributed by atoms with van der Waals surface area (Å²) in [6.07, 6.45) is 10.2. The number of nitrogens with one attached hydrogen (secondary N) is 1. The molecule has 1 fully saturated rings. The molecule has 2 rings (SSSR count). The average Bonchev–Trinajstić information content (AvgIpc) is 3.36. The molecule has 1 aliphatic rings. The van der Waals surface area contributed by atoms with Gasteiger partial charge in [0, 0.05) is 6.04 Å². The summed E-state index contributed by atoms with van der Waals surface area (Å²) in [7, 11) is 0. The maximum absolute atomic E-state index is 14.6. The summed E-state index contributed by atoms with van der Waals surface area (Å²) >= 11 is 0. The largest absolute Gasteiger partial charge is 0.465 e. The molecule has 0 bridgehead atoms. The Balaban J connectivity index is 1.73. The Morgan fingerprint density at radius 1 is 0.800 bits per heavy atom. The second kappa shape index (κ2) is 17.9. The Bertz CT molecular complexity index is 936. The van der Waals surface area contributed by atoms with E-state index in [2.05, 4.69) is 12.2 Å². The van der Waals surface area contributed by atoms with Crippen LogP contribution in [-0.2, 0) is 36.6 Å². The number of amides is 1. The van der Waals surface area contributed by atoms with E-state index in [1.54, 1.807) is 26.0 Å². The molecule has 0 radical (unpaired) electrons. The third-order valence-electron chi connectivity index (χ3n) is 7.53. The van der Waals surface area contributed by atoms with Gasteiger partial charge >= 0.3 is 18.0 Å². The maximum Gasteiger partial charge on any atom is 0.407 e. The van der Waals surface area contributed by atoms with Gasteiger partial charge in [-0.05, 0) is 69.9 Å². The quantitative estimate of drug-likeness (QED) is 0.0891. The van der Waals surface area contributed by atoms with Gasteiger partial charge in [0.1, 0.15) is 0 Å². The van der Waals surface area contributed by atoms with E-state index in [0.29, 0.717) is 24.8 Å². The van der Waals surface area contributed by atoms with Crippen molar-refractivity contribution in [1.29, 1.82) is 0 Å². The molecule has 1 aliphatic carbocycles. The molecule has 0 saturated heterocycles. The number of hydrogen-bond acceptors (Lipinski definition) is 6. The monoisotopic (exact) mass is 567 g/mol. The summed E-state index contributed by atoms with van der Waals surface area (Å²) < 4.78 is 44.6. The number of alkyl carbamates (subject to hydrolysis) is 1. The summed E-state index contributed by atoms with van der Waals surface area (Å²) in [6, 6.07) is 2.81. The van der Waals surface area contributed by atoms with E-state index in [0.717, 1.165) is 19.3 Å². The van der Waals surface area contributed by atoms with Gasteiger partial charge in [-0.3, -0.25) is 9.59 Å². The lowest BCUT2D eigenvalue weighted by atomic mass is 9.86. The van der Waals surface area contributed by atoms with Gasteiger partial charge in [-0.25, -0.2) is 13.6 Å². The van der Waals surface area contributed by atoms with Crippen LogP contribution in [0.5, 0.6) is 0 Å². The van der Waals surface area contributed by atoms with E-state index in [1.807, 2.05) is 0 Å². The molecule has 0 spiro atoms. The normalized spacial score (nSPS) is 16.0. The van der Waals surface area contributed by atoms with Crippen molar-refractivity contribution in [2.24, 2.45) is 5.41 Å². The highest BCUT2D eigenvalue weighted by Crippen LogP contribution is 2.41. The number of unbranched alkanes of at least 4 members (excludes halogenated alkanes) is 7. The number of carbonyl (C=O) groups is 3. The standard InChI is InChI=1S/C31H47F2NO6/c1-4-7-8-9-10-11-12-13-15-23-17-18-24(27(33)26(23)32)16-14-21-40-30(37)34-25-19-20-31(22-25,28(35)38-5-2)29(36)39-6-3/h17-18,25H,4-16,19-22H2,1-3H3,(H,34,37). The number of benzene rings is 1. The molecule has 1 saturated carbocycles. The van der Waals surface area contributed by atoms with Crippen LogP contribution in [0.15, 0.2) is 12.1 Å². The van der Waals surface area contributed by atoms with Gasteiger partial charge in [0.15, 0.2) is 17.0 Å². The molecule has 1 unspecified atom stereocenters. The Morgan fingerprint density at radius 2 is 1.32 bits per heavy atom. The van der Waals surface area contributed by atoms with Crippen LogP contribution in [0.3, 0.4) is 0 Å². The maximum atomic E-state index is 14.6. The molecule has 1 amide bonds. The zero-order valence-electron chi connectivity index (χ0n) is 24.5. The number of hydrogen-bond donors (Lipinski definition) is 1. The first kappa shape index (κ1) is 33.5. The SMILES string of the molecule is CCCCCCCCCCc1ccc(CCCOC(=O)NC2CCC(C(=O)OCC)(C(=O)OCC)C2)c(F)c1F. The van der Waals surface area contributed by atoms with Crippen LogP contribution in [0, 0.1) is 17.0 Å². The van der Waals surface area contributed by atoms with Gasteiger partial charge in [0.05, 0.1) is 19.8 Å². The highest BCUT2D eigenvalue weighted by molar-refractivity contribution is 6.00. The fourth-order valence-corrected chi connectivity index (χ4v) is 5.26. The van der Waals surface area contributed by atoms with Crippen LogP contribution in [0.25, 0.3) is 0 Å². The van der Waals surface area contributed by atoms with Crippen molar-refractivity contribution in [2.45, 2.75) is 117 Å². The smallest absolute Gasteiger partial charge is 0.407 e. The van der Waals surface area contributed by atoms with Crippen molar-refractivity contribution < 1.29 is 37.4 Å². The minimum atomic E-state index is -1.44. The number of aryl methyl sites for hydroxylation is 2. The van der Waals surface area contributed by atoms with Gasteiger partial charge in [0.2, 0.25) is 0 Å². The molecule has 1 atom stereocenters. The van der Waals surface area contributed by atoms with Crippen molar-refractivity contribution in [3.63, 3.8) is 0 Å². The van der Waals surface area contributed by atoms with Crippen molar-refractivity contribution in [3.8, 4) is 0 Å². The molecule has 0 aliphatic heterocycles. The number of rotatable bonds is 18. The molecule has 7 nitrogen and oxygen atoms in total. The van der Waals surface area contributed by atoms with Gasteiger partial charge in [0.25, 0.3) is 0 Å². The molecule has 1 N–H and O–H groups in total. The van der Waals surface area contributed by atoms with Crippen LogP contribution >= 0.6 is 0 Å². The first-order valence-corrected chi connectivity index (χ1v) is 15.0. The zero-order chi connectivity index (χ0) is 29.4. The van der Waals surface area contributed by atoms with Crippen molar-refractivity contribution in [2.75, 3.05) is 19.8 Å². The average molecular weight is 568 g/mol. The van der Waals surface area contributed by atoms with E-state index < -0.39 is 41.1 Å². The first-order valence-electron chi connectivity index (χ1n) is 15.0.